The maximum atomic E-state index is 4.18. The largest absolute Gasteiger partial charge is 0.321 e. The second-order valence-electron chi connectivity index (χ2n) is 3.98. The van der Waals surface area contributed by atoms with Crippen LogP contribution in [0.4, 0.5) is 0 Å². The molecule has 0 aromatic heterocycles. The Morgan fingerprint density at radius 1 is 1.23 bits per heavy atom. The summed E-state index contributed by atoms with van der Waals surface area (Å²) >= 11 is 0. The Labute approximate surface area is 84.9 Å². The molecule has 0 saturated carbocycles. The summed E-state index contributed by atoms with van der Waals surface area (Å²) < 4.78 is 2.64. The summed E-state index contributed by atoms with van der Waals surface area (Å²) in [5.74, 6) is 0. The zero-order valence-corrected chi connectivity index (χ0v) is 11.0. The first kappa shape index (κ1) is 12.9. The van der Waals surface area contributed by atoms with Crippen molar-refractivity contribution in [1.29, 1.82) is 0 Å². The highest BCUT2D eigenvalue weighted by Crippen LogP contribution is 2.24. The van der Waals surface area contributed by atoms with Crippen molar-refractivity contribution >= 4 is 8.24 Å². The Hall–Kier alpha value is -0.0831. The van der Waals surface area contributed by atoms with Crippen molar-refractivity contribution in [1.82, 2.24) is 4.57 Å². The minimum absolute atomic E-state index is 1.17. The molecular weight excluding hydrogens is 174 g/mol. The summed E-state index contributed by atoms with van der Waals surface area (Å²) in [7, 11) is -1.32. The Morgan fingerprint density at radius 2 is 1.69 bits per heavy atom. The molecule has 0 heterocycles. The van der Waals surface area contributed by atoms with Crippen LogP contribution in [-0.4, -0.2) is 25.9 Å². The zero-order chi connectivity index (χ0) is 10.5. The van der Waals surface area contributed by atoms with Gasteiger partial charge in [0.15, 0.2) is 8.24 Å². The Morgan fingerprint density at radius 3 is 1.92 bits per heavy atom. The third-order valence-corrected chi connectivity index (χ3v) is 8.46. The van der Waals surface area contributed by atoms with Gasteiger partial charge in [0.25, 0.3) is 0 Å². The molecule has 0 spiro atoms. The van der Waals surface area contributed by atoms with Crippen molar-refractivity contribution in [3.05, 3.63) is 11.8 Å². The third-order valence-electron chi connectivity index (χ3n) is 3.12. The summed E-state index contributed by atoms with van der Waals surface area (Å²) in [6.07, 6.45) is 1.28. The Kier molecular flexibility index (Phi) is 5.57. The Balaban J connectivity index is 4.64. The molecular formula is C11H25NSi. The van der Waals surface area contributed by atoms with Crippen LogP contribution in [0, 0.1) is 0 Å². The van der Waals surface area contributed by atoms with Crippen molar-refractivity contribution in [3.63, 3.8) is 0 Å². The molecule has 78 valence electrons. The van der Waals surface area contributed by atoms with Crippen LogP contribution in [0.3, 0.4) is 0 Å². The predicted octanol–water partition coefficient (Wildman–Crippen LogP) is 3.43. The minimum atomic E-state index is -1.32. The molecule has 0 aliphatic heterocycles. The van der Waals surface area contributed by atoms with E-state index in [9.17, 15) is 0 Å². The molecule has 1 unspecified atom stereocenters. The lowest BCUT2D eigenvalue weighted by Crippen LogP contribution is -2.51. The standard InChI is InChI=1S/C11H25NSi/c1-7-10-13(6,11(4)5)12(8-2)9-3/h4,7-10H2,1-3,5-6H3. The van der Waals surface area contributed by atoms with Crippen LogP contribution < -0.4 is 0 Å². The van der Waals surface area contributed by atoms with Gasteiger partial charge in [0, 0.05) is 0 Å². The van der Waals surface area contributed by atoms with Gasteiger partial charge in [0.2, 0.25) is 0 Å². The van der Waals surface area contributed by atoms with E-state index in [1.807, 2.05) is 0 Å². The van der Waals surface area contributed by atoms with Crippen LogP contribution in [-0.2, 0) is 0 Å². The van der Waals surface area contributed by atoms with Gasteiger partial charge in [0.1, 0.15) is 0 Å². The maximum absolute atomic E-state index is 4.18. The van der Waals surface area contributed by atoms with Gasteiger partial charge in [-0.05, 0) is 26.1 Å². The molecule has 1 nitrogen and oxygen atoms in total. The van der Waals surface area contributed by atoms with E-state index in [4.69, 9.17) is 0 Å². The Bertz CT molecular complexity index is 163. The lowest BCUT2D eigenvalue weighted by molar-refractivity contribution is 0.465. The maximum Gasteiger partial charge on any atom is 0.152 e. The highest BCUT2D eigenvalue weighted by Gasteiger charge is 2.32. The number of rotatable bonds is 6. The van der Waals surface area contributed by atoms with Gasteiger partial charge < -0.3 is 4.57 Å². The zero-order valence-electron chi connectivity index (χ0n) is 9.98. The van der Waals surface area contributed by atoms with Crippen LogP contribution in [0.15, 0.2) is 11.8 Å². The molecule has 1 atom stereocenters. The van der Waals surface area contributed by atoms with Crippen molar-refractivity contribution < 1.29 is 0 Å². The van der Waals surface area contributed by atoms with Gasteiger partial charge in [-0.15, -0.1) is 6.58 Å². The van der Waals surface area contributed by atoms with E-state index < -0.39 is 8.24 Å². The van der Waals surface area contributed by atoms with Crippen molar-refractivity contribution in [2.45, 2.75) is 46.7 Å². The average Bonchev–Trinajstić information content (AvgIpc) is 2.06. The molecule has 0 bridgehead atoms. The van der Waals surface area contributed by atoms with Crippen LogP contribution in [0.25, 0.3) is 0 Å². The fourth-order valence-electron chi connectivity index (χ4n) is 2.05. The highest BCUT2D eigenvalue weighted by atomic mass is 28.3. The molecule has 0 N–H and O–H groups in total. The van der Waals surface area contributed by atoms with Gasteiger partial charge in [-0.25, -0.2) is 0 Å². The number of hydrogen-bond donors (Lipinski definition) is 0. The summed E-state index contributed by atoms with van der Waals surface area (Å²) in [6.45, 7) is 18.0. The van der Waals surface area contributed by atoms with E-state index in [0.717, 1.165) is 0 Å². The lowest BCUT2D eigenvalue weighted by atomic mass is 10.6. The van der Waals surface area contributed by atoms with Gasteiger partial charge in [-0.3, -0.25) is 0 Å². The molecule has 0 aliphatic carbocycles. The van der Waals surface area contributed by atoms with Gasteiger partial charge in [0.05, 0.1) is 0 Å². The molecule has 0 radical (unpaired) electrons. The molecule has 0 fully saturated rings. The number of nitrogens with zero attached hydrogens (tertiary/aromatic N) is 1. The smallest absolute Gasteiger partial charge is 0.152 e. The van der Waals surface area contributed by atoms with E-state index in [2.05, 4.69) is 45.4 Å². The van der Waals surface area contributed by atoms with Crippen molar-refractivity contribution in [2.75, 3.05) is 13.1 Å². The monoisotopic (exact) mass is 199 g/mol. The first-order valence-electron chi connectivity index (χ1n) is 5.43. The number of allylic oxidation sites excluding steroid dienone is 1. The molecule has 0 amide bonds. The first-order valence-corrected chi connectivity index (χ1v) is 8.09. The molecule has 0 aliphatic rings. The molecule has 0 saturated heterocycles. The minimum Gasteiger partial charge on any atom is -0.321 e. The molecule has 0 aromatic rings. The SMILES string of the molecule is C=C(C)[Si](C)(CCC)N(CC)CC. The molecule has 2 heteroatoms. The fourth-order valence-corrected chi connectivity index (χ4v) is 5.70. The van der Waals surface area contributed by atoms with Crippen molar-refractivity contribution in [3.8, 4) is 0 Å². The van der Waals surface area contributed by atoms with E-state index in [1.165, 1.54) is 30.8 Å². The fraction of sp³-hybridized carbons (Fsp3) is 0.818. The van der Waals surface area contributed by atoms with Gasteiger partial charge in [-0.1, -0.05) is 38.9 Å². The third kappa shape index (κ3) is 2.95. The van der Waals surface area contributed by atoms with E-state index in [-0.39, 0.29) is 0 Å². The van der Waals surface area contributed by atoms with E-state index >= 15 is 0 Å². The predicted molar refractivity (Wildman–Crippen MR) is 64.5 cm³/mol. The highest BCUT2D eigenvalue weighted by molar-refractivity contribution is 6.82. The summed E-state index contributed by atoms with van der Waals surface area (Å²) in [4.78, 5) is 0. The van der Waals surface area contributed by atoms with E-state index in [1.54, 1.807) is 0 Å². The van der Waals surface area contributed by atoms with Crippen LogP contribution in [0.5, 0.6) is 0 Å². The normalized spacial score (nSPS) is 15.8. The summed E-state index contributed by atoms with van der Waals surface area (Å²) in [5.41, 5.74) is 0. The molecule has 0 aromatic carbocycles. The molecule has 0 rings (SSSR count). The average molecular weight is 199 g/mol. The van der Waals surface area contributed by atoms with Crippen LogP contribution >= 0.6 is 0 Å². The van der Waals surface area contributed by atoms with Crippen LogP contribution in [0.2, 0.25) is 12.6 Å². The van der Waals surface area contributed by atoms with Crippen molar-refractivity contribution in [2.24, 2.45) is 0 Å². The second kappa shape index (κ2) is 5.61. The quantitative estimate of drug-likeness (QED) is 0.592. The van der Waals surface area contributed by atoms with Crippen LogP contribution in [0.1, 0.15) is 34.1 Å². The van der Waals surface area contributed by atoms with Gasteiger partial charge >= 0.3 is 0 Å². The summed E-state index contributed by atoms with van der Waals surface area (Å²) in [5, 5.41) is 1.43. The first-order chi connectivity index (χ1) is 6.02. The topological polar surface area (TPSA) is 3.24 Å². The van der Waals surface area contributed by atoms with Gasteiger partial charge in [-0.2, -0.15) is 0 Å². The second-order valence-corrected chi connectivity index (χ2v) is 8.51. The lowest BCUT2D eigenvalue weighted by Gasteiger charge is -2.39. The molecule has 13 heavy (non-hydrogen) atoms. The van der Waals surface area contributed by atoms with E-state index in [0.29, 0.717) is 0 Å². The number of hydrogen-bond acceptors (Lipinski definition) is 1. The summed E-state index contributed by atoms with van der Waals surface area (Å²) in [6, 6.07) is 1.35.